The van der Waals surface area contributed by atoms with Crippen LogP contribution in [0, 0.1) is 21.4 Å². The summed E-state index contributed by atoms with van der Waals surface area (Å²) >= 11 is 1.08. The number of benzene rings is 3. The molecule has 0 aliphatic heterocycles. The Kier molecular flexibility index (Phi) is 8.76. The number of aromatic nitrogens is 1. The number of hydrogen-bond donors (Lipinski definition) is 1. The van der Waals surface area contributed by atoms with Gasteiger partial charge in [-0.05, 0) is 55.0 Å². The van der Waals surface area contributed by atoms with Gasteiger partial charge in [0.2, 0.25) is 5.91 Å². The Morgan fingerprint density at radius 2 is 1.77 bits per heavy atom. The zero-order valence-electron chi connectivity index (χ0n) is 21.2. The summed E-state index contributed by atoms with van der Waals surface area (Å²) in [4.78, 5) is 28.4. The predicted octanol–water partition coefficient (Wildman–Crippen LogP) is 6.33. The van der Waals surface area contributed by atoms with Crippen molar-refractivity contribution in [2.45, 2.75) is 11.9 Å². The van der Waals surface area contributed by atoms with Crippen molar-refractivity contribution in [2.24, 2.45) is 0 Å². The van der Waals surface area contributed by atoms with E-state index in [2.05, 4.69) is 11.4 Å². The zero-order chi connectivity index (χ0) is 27.8. The van der Waals surface area contributed by atoms with E-state index in [4.69, 9.17) is 14.5 Å². The summed E-state index contributed by atoms with van der Waals surface area (Å²) in [5, 5.41) is 24.5. The molecule has 0 atom stereocenters. The third-order valence-corrected chi connectivity index (χ3v) is 6.63. The van der Waals surface area contributed by atoms with Crippen LogP contribution < -0.4 is 14.8 Å². The van der Waals surface area contributed by atoms with Gasteiger partial charge in [-0.1, -0.05) is 42.1 Å². The van der Waals surface area contributed by atoms with Gasteiger partial charge in [-0.25, -0.2) is 4.98 Å². The fraction of sp³-hybridized carbons (Fsp3) is 0.138. The highest BCUT2D eigenvalue weighted by molar-refractivity contribution is 8.00. The SMILES string of the molecule is CCOc1ccc(-c2cc(-c3ccccc3)c(C#N)c(SCC(=O)Nc3ccc(OC)cc3[N+](=O)[O-])n2)cc1. The number of methoxy groups -OCH3 is 1. The van der Waals surface area contributed by atoms with Crippen LogP contribution in [0.15, 0.2) is 83.9 Å². The van der Waals surface area contributed by atoms with Crippen molar-refractivity contribution >= 4 is 29.0 Å². The van der Waals surface area contributed by atoms with E-state index in [1.807, 2.05) is 67.6 Å². The maximum Gasteiger partial charge on any atom is 0.296 e. The van der Waals surface area contributed by atoms with E-state index in [9.17, 15) is 20.2 Å². The van der Waals surface area contributed by atoms with Crippen molar-refractivity contribution in [3.05, 3.63) is 94.5 Å². The van der Waals surface area contributed by atoms with Crippen molar-refractivity contribution in [3.63, 3.8) is 0 Å². The van der Waals surface area contributed by atoms with Gasteiger partial charge in [0, 0.05) is 11.1 Å². The number of ether oxygens (including phenoxy) is 2. The van der Waals surface area contributed by atoms with E-state index in [1.54, 1.807) is 0 Å². The molecular weight excluding hydrogens is 516 g/mol. The van der Waals surface area contributed by atoms with Crippen molar-refractivity contribution in [1.82, 2.24) is 4.98 Å². The summed E-state index contributed by atoms with van der Waals surface area (Å²) in [6.07, 6.45) is 0. The fourth-order valence-corrected chi connectivity index (χ4v) is 4.63. The highest BCUT2D eigenvalue weighted by Gasteiger charge is 2.20. The average molecular weight is 541 g/mol. The molecule has 1 N–H and O–H groups in total. The van der Waals surface area contributed by atoms with Crippen molar-refractivity contribution in [2.75, 3.05) is 24.8 Å². The number of nitro groups is 1. The minimum Gasteiger partial charge on any atom is -0.496 e. The molecule has 0 saturated heterocycles. The monoisotopic (exact) mass is 540 g/mol. The summed E-state index contributed by atoms with van der Waals surface area (Å²) in [6.45, 7) is 2.46. The standard InChI is InChI=1S/C29H24N4O5S/c1-3-38-21-11-9-20(10-12-21)26-16-23(19-7-5-4-6-8-19)24(17-30)29(32-26)39-18-28(34)31-25-14-13-22(37-2)15-27(25)33(35)36/h4-16H,3,18H2,1-2H3,(H,31,34). The second-order valence-corrected chi connectivity index (χ2v) is 9.11. The molecule has 0 unspecified atom stereocenters. The molecule has 9 nitrogen and oxygen atoms in total. The second kappa shape index (κ2) is 12.6. The Bertz CT molecular complexity index is 1540. The molecule has 10 heteroatoms. The third kappa shape index (κ3) is 6.52. The zero-order valence-corrected chi connectivity index (χ0v) is 22.0. The van der Waals surface area contributed by atoms with Gasteiger partial charge in [0.05, 0.1) is 41.7 Å². The molecule has 0 radical (unpaired) electrons. The van der Waals surface area contributed by atoms with E-state index >= 15 is 0 Å². The molecule has 0 bridgehead atoms. The Hall–Kier alpha value is -4.88. The van der Waals surface area contributed by atoms with Crippen LogP contribution >= 0.6 is 11.8 Å². The Morgan fingerprint density at radius 3 is 2.41 bits per heavy atom. The van der Waals surface area contributed by atoms with Gasteiger partial charge in [-0.3, -0.25) is 14.9 Å². The number of carbonyl (C=O) groups excluding carboxylic acids is 1. The van der Waals surface area contributed by atoms with Gasteiger partial charge >= 0.3 is 0 Å². The van der Waals surface area contributed by atoms with E-state index in [1.165, 1.54) is 25.3 Å². The van der Waals surface area contributed by atoms with Crippen molar-refractivity contribution < 1.29 is 19.2 Å². The molecule has 4 aromatic rings. The quantitative estimate of drug-likeness (QED) is 0.140. The first kappa shape index (κ1) is 27.2. The van der Waals surface area contributed by atoms with Crippen LogP contribution in [-0.4, -0.2) is 35.3 Å². The number of nitro benzene ring substituents is 1. The lowest BCUT2D eigenvalue weighted by atomic mass is 9.99. The number of anilines is 1. The van der Waals surface area contributed by atoms with Crippen molar-refractivity contribution in [3.8, 4) is 40.0 Å². The summed E-state index contributed by atoms with van der Waals surface area (Å²) < 4.78 is 10.6. The molecular formula is C29H24N4O5S. The lowest BCUT2D eigenvalue weighted by Crippen LogP contribution is -2.15. The normalized spacial score (nSPS) is 10.4. The van der Waals surface area contributed by atoms with Gasteiger partial charge in [0.1, 0.15) is 28.3 Å². The highest BCUT2D eigenvalue weighted by atomic mass is 32.2. The number of nitrogens with one attached hydrogen (secondary N) is 1. The number of nitrogens with zero attached hydrogens (tertiary/aromatic N) is 3. The molecule has 4 rings (SSSR count). The molecule has 3 aromatic carbocycles. The summed E-state index contributed by atoms with van der Waals surface area (Å²) in [5.74, 6) is 0.437. The minimum atomic E-state index is -0.590. The lowest BCUT2D eigenvalue weighted by molar-refractivity contribution is -0.384. The number of pyridine rings is 1. The van der Waals surface area contributed by atoms with E-state index in [0.29, 0.717) is 34.2 Å². The summed E-state index contributed by atoms with van der Waals surface area (Å²) in [6, 6.07) is 25.2. The second-order valence-electron chi connectivity index (χ2n) is 8.15. The van der Waals surface area contributed by atoms with Crippen LogP contribution in [0.1, 0.15) is 12.5 Å². The van der Waals surface area contributed by atoms with Gasteiger partial charge in [0.15, 0.2) is 0 Å². The van der Waals surface area contributed by atoms with Crippen LogP contribution in [0.4, 0.5) is 11.4 Å². The minimum absolute atomic E-state index is 0.0491. The van der Waals surface area contributed by atoms with E-state index in [-0.39, 0.29) is 17.1 Å². The van der Waals surface area contributed by atoms with Crippen LogP contribution in [-0.2, 0) is 4.79 Å². The molecule has 1 heterocycles. The smallest absolute Gasteiger partial charge is 0.296 e. The molecule has 39 heavy (non-hydrogen) atoms. The van der Waals surface area contributed by atoms with Crippen LogP contribution in [0.2, 0.25) is 0 Å². The van der Waals surface area contributed by atoms with E-state index < -0.39 is 10.8 Å². The molecule has 0 aliphatic rings. The first-order valence-corrected chi connectivity index (χ1v) is 12.9. The van der Waals surface area contributed by atoms with Crippen molar-refractivity contribution in [1.29, 1.82) is 5.26 Å². The summed E-state index contributed by atoms with van der Waals surface area (Å²) in [7, 11) is 1.40. The maximum absolute atomic E-state index is 12.8. The first-order chi connectivity index (χ1) is 18.9. The Morgan fingerprint density at radius 1 is 1.05 bits per heavy atom. The number of nitriles is 1. The van der Waals surface area contributed by atoms with Crippen LogP contribution in [0.5, 0.6) is 11.5 Å². The molecule has 1 aromatic heterocycles. The third-order valence-electron chi connectivity index (χ3n) is 5.66. The molecule has 0 aliphatic carbocycles. The van der Waals surface area contributed by atoms with E-state index in [0.717, 1.165) is 28.6 Å². The molecule has 0 fully saturated rings. The predicted molar refractivity (Wildman–Crippen MR) is 150 cm³/mol. The average Bonchev–Trinajstić information content (AvgIpc) is 2.96. The topological polar surface area (TPSA) is 127 Å². The number of carbonyl (C=O) groups is 1. The van der Waals surface area contributed by atoms with Gasteiger partial charge in [-0.2, -0.15) is 5.26 Å². The fourth-order valence-electron chi connectivity index (χ4n) is 3.83. The first-order valence-electron chi connectivity index (χ1n) is 11.9. The largest absolute Gasteiger partial charge is 0.496 e. The number of amides is 1. The number of hydrogen-bond acceptors (Lipinski definition) is 8. The van der Waals surface area contributed by atoms with Gasteiger partial charge in [-0.15, -0.1) is 0 Å². The highest BCUT2D eigenvalue weighted by Crippen LogP contribution is 2.35. The van der Waals surface area contributed by atoms with Gasteiger partial charge in [0.25, 0.3) is 5.69 Å². The Labute approximate surface area is 229 Å². The maximum atomic E-state index is 12.8. The number of thioether (sulfide) groups is 1. The lowest BCUT2D eigenvalue weighted by Gasteiger charge is -2.13. The summed E-state index contributed by atoms with van der Waals surface area (Å²) in [5.41, 5.74) is 3.07. The molecule has 0 spiro atoms. The molecule has 196 valence electrons. The van der Waals surface area contributed by atoms with Crippen LogP contribution in [0.3, 0.4) is 0 Å². The number of rotatable bonds is 10. The molecule has 1 amide bonds. The molecule has 0 saturated carbocycles. The Balaban J connectivity index is 1.66. The van der Waals surface area contributed by atoms with Crippen LogP contribution in [0.25, 0.3) is 22.4 Å². The van der Waals surface area contributed by atoms with Gasteiger partial charge < -0.3 is 14.8 Å².